The van der Waals surface area contributed by atoms with Crippen molar-refractivity contribution in [1.82, 2.24) is 4.98 Å². The van der Waals surface area contributed by atoms with Gasteiger partial charge >= 0.3 is 0 Å². The molecule has 1 aliphatic heterocycles. The average molecular weight is 637 g/mol. The van der Waals surface area contributed by atoms with E-state index < -0.39 is 11.2 Å². The largest absolute Gasteiger partial charge is 0.507 e. The van der Waals surface area contributed by atoms with Gasteiger partial charge in [0, 0.05) is 40.2 Å². The number of nitrogens with two attached hydrogens (primary N) is 1. The first-order valence-corrected chi connectivity index (χ1v) is 15.6. The first kappa shape index (κ1) is 32.1. The zero-order chi connectivity index (χ0) is 33.5. The van der Waals surface area contributed by atoms with Crippen molar-refractivity contribution in [2.24, 2.45) is 5.90 Å². The van der Waals surface area contributed by atoms with Gasteiger partial charge in [0.05, 0.1) is 24.5 Å². The number of carbonyl (C=O) groups is 2. The molecule has 0 atom stereocenters. The normalized spacial score (nSPS) is 13.3. The molecule has 0 spiro atoms. The number of hydrogen-bond acceptors (Lipinski definition) is 7. The predicted octanol–water partition coefficient (Wildman–Crippen LogP) is 6.63. The number of ether oxygens (including phenoxy) is 2. The molecule has 2 heterocycles. The van der Waals surface area contributed by atoms with Gasteiger partial charge in [-0.2, -0.15) is 0 Å². The number of hydrogen-bond donors (Lipinski definition) is 4. The number of carbonyl (C=O) groups excluding carboxylic acids is 2. The Kier molecular flexibility index (Phi) is 8.44. The lowest BCUT2D eigenvalue weighted by atomic mass is 9.97. The number of aryl methyl sites for hydroxylation is 1. The van der Waals surface area contributed by atoms with Gasteiger partial charge in [0.1, 0.15) is 22.8 Å². The van der Waals surface area contributed by atoms with Crippen molar-refractivity contribution in [3.63, 3.8) is 0 Å². The zero-order valence-corrected chi connectivity index (χ0v) is 27.3. The second kappa shape index (κ2) is 12.4. The Balaban J connectivity index is 1.13. The van der Waals surface area contributed by atoms with Crippen LogP contribution in [0, 0.1) is 6.92 Å². The predicted molar refractivity (Wildman–Crippen MR) is 183 cm³/mol. The molecular weight excluding hydrogens is 596 g/mol. The highest BCUT2D eigenvalue weighted by molar-refractivity contribution is 6.11. The van der Waals surface area contributed by atoms with Crippen LogP contribution in [-0.4, -0.2) is 52.9 Å². The number of aromatic hydroxyl groups is 1. The van der Waals surface area contributed by atoms with Crippen LogP contribution in [0.3, 0.4) is 0 Å². The van der Waals surface area contributed by atoms with Crippen LogP contribution in [0.1, 0.15) is 59.7 Å². The smallest absolute Gasteiger partial charge is 0.274 e. The van der Waals surface area contributed by atoms with Crippen molar-refractivity contribution in [2.45, 2.75) is 52.2 Å². The van der Waals surface area contributed by atoms with E-state index in [1.54, 1.807) is 47.4 Å². The lowest BCUT2D eigenvalue weighted by molar-refractivity contribution is -0.114. The van der Waals surface area contributed by atoms with Gasteiger partial charge in [-0.05, 0) is 106 Å². The number of aromatic amines is 1. The summed E-state index contributed by atoms with van der Waals surface area (Å²) >= 11 is 0. The quantitative estimate of drug-likeness (QED) is 0.126. The summed E-state index contributed by atoms with van der Waals surface area (Å²) in [5.41, 5.74) is 3.95. The summed E-state index contributed by atoms with van der Waals surface area (Å²) in [5, 5.41) is 16.3. The Morgan fingerprint density at radius 3 is 2.49 bits per heavy atom. The Morgan fingerprint density at radius 1 is 0.979 bits per heavy atom. The molecule has 0 saturated heterocycles. The van der Waals surface area contributed by atoms with Crippen LogP contribution >= 0.6 is 0 Å². The van der Waals surface area contributed by atoms with Crippen molar-refractivity contribution in [3.05, 3.63) is 95.2 Å². The summed E-state index contributed by atoms with van der Waals surface area (Å²) < 4.78 is 12.0. The van der Waals surface area contributed by atoms with E-state index in [4.69, 9.17) is 20.2 Å². The third-order valence-corrected chi connectivity index (χ3v) is 8.42. The van der Waals surface area contributed by atoms with Crippen LogP contribution in [0.5, 0.6) is 11.5 Å². The van der Waals surface area contributed by atoms with Gasteiger partial charge in [-0.25, -0.2) is 5.90 Å². The van der Waals surface area contributed by atoms with Crippen LogP contribution in [0.2, 0.25) is 0 Å². The van der Waals surface area contributed by atoms with E-state index in [1.807, 2.05) is 65.0 Å². The standard InChI is InChI=1S/C37H40N4O6/c1-22-7-6-8-28-32(42)19-31-27(33(22)28)15-16-41(31)35(44)30-18-24-17-25(11-14-29(24)40-30)39-34(43)23-9-12-26(13-10-23)47-37(4,5)20-45-36(2,3)21-46-38/h6-14,17-19,40,42H,15-16,20-21,38H2,1-5H3,(H,39,43). The SMILES string of the molecule is Cc1cccc2c(O)cc3c(c12)CCN3C(=O)c1cc2cc(NC(=O)c3ccc(OC(C)(C)COC(C)(C)CON)cc3)ccc2[nH]1. The third-order valence-electron chi connectivity index (χ3n) is 8.42. The summed E-state index contributed by atoms with van der Waals surface area (Å²) in [4.78, 5) is 36.4. The molecular formula is C37H40N4O6. The molecule has 4 aromatic carbocycles. The Hall–Kier alpha value is -4.90. The molecule has 10 heteroatoms. The van der Waals surface area contributed by atoms with Gasteiger partial charge in [-0.1, -0.05) is 18.2 Å². The topological polar surface area (TPSA) is 139 Å². The minimum atomic E-state index is -0.630. The van der Waals surface area contributed by atoms with Gasteiger partial charge in [0.25, 0.3) is 11.8 Å². The second-order valence-corrected chi connectivity index (χ2v) is 13.3. The minimum absolute atomic E-state index is 0.161. The number of fused-ring (bicyclic) bond motifs is 4. The number of rotatable bonds is 10. The number of aromatic nitrogens is 1. The Bertz CT molecular complexity index is 1980. The fourth-order valence-corrected chi connectivity index (χ4v) is 6.06. The molecule has 1 aromatic heterocycles. The fourth-order valence-electron chi connectivity index (χ4n) is 6.06. The molecule has 47 heavy (non-hydrogen) atoms. The number of nitrogens with zero attached hydrogens (tertiary/aromatic N) is 1. The number of phenols is 1. The van der Waals surface area contributed by atoms with Crippen LogP contribution in [0.15, 0.2) is 72.8 Å². The lowest BCUT2D eigenvalue weighted by Crippen LogP contribution is -2.41. The van der Waals surface area contributed by atoms with E-state index in [1.165, 1.54) is 0 Å². The van der Waals surface area contributed by atoms with Crippen molar-refractivity contribution < 1.29 is 29.0 Å². The summed E-state index contributed by atoms with van der Waals surface area (Å²) in [6, 6.07) is 21.7. The molecule has 1 aliphatic rings. The van der Waals surface area contributed by atoms with Crippen LogP contribution in [-0.2, 0) is 16.0 Å². The van der Waals surface area contributed by atoms with Crippen molar-refractivity contribution in [3.8, 4) is 11.5 Å². The number of phenolic OH excluding ortho intramolecular Hbond substituents is 1. The lowest BCUT2D eigenvalue weighted by Gasteiger charge is -2.31. The highest BCUT2D eigenvalue weighted by Gasteiger charge is 2.30. The first-order chi connectivity index (χ1) is 22.3. The van der Waals surface area contributed by atoms with E-state index in [0.29, 0.717) is 42.3 Å². The molecule has 0 bridgehead atoms. The maximum Gasteiger partial charge on any atom is 0.274 e. The number of nitrogens with one attached hydrogen (secondary N) is 2. The molecule has 5 aromatic rings. The maximum atomic E-state index is 13.7. The molecule has 5 N–H and O–H groups in total. The Labute approximate surface area is 273 Å². The Morgan fingerprint density at radius 2 is 1.74 bits per heavy atom. The first-order valence-electron chi connectivity index (χ1n) is 15.6. The molecule has 0 aliphatic carbocycles. The molecule has 244 valence electrons. The van der Waals surface area contributed by atoms with E-state index in [0.717, 1.165) is 38.5 Å². The van der Waals surface area contributed by atoms with Crippen molar-refractivity contribution >= 4 is 44.9 Å². The van der Waals surface area contributed by atoms with Gasteiger partial charge < -0.3 is 34.6 Å². The summed E-state index contributed by atoms with van der Waals surface area (Å²) in [6.07, 6.45) is 0.710. The fraction of sp³-hybridized carbons (Fsp3) is 0.297. The van der Waals surface area contributed by atoms with Crippen LogP contribution in [0.4, 0.5) is 11.4 Å². The highest BCUT2D eigenvalue weighted by atomic mass is 16.6. The number of anilines is 2. The molecule has 0 unspecified atom stereocenters. The molecule has 10 nitrogen and oxygen atoms in total. The summed E-state index contributed by atoms with van der Waals surface area (Å²) in [5.74, 6) is 5.51. The zero-order valence-electron chi connectivity index (χ0n) is 27.3. The summed E-state index contributed by atoms with van der Waals surface area (Å²) in [6.45, 7) is 10.7. The van der Waals surface area contributed by atoms with Crippen molar-refractivity contribution in [1.29, 1.82) is 0 Å². The maximum absolute atomic E-state index is 13.7. The van der Waals surface area contributed by atoms with Gasteiger partial charge in [-0.15, -0.1) is 0 Å². The molecule has 0 radical (unpaired) electrons. The van der Waals surface area contributed by atoms with Crippen LogP contribution < -0.4 is 20.9 Å². The van der Waals surface area contributed by atoms with Crippen molar-refractivity contribution in [2.75, 3.05) is 30.0 Å². The molecule has 6 rings (SSSR count). The number of amides is 2. The van der Waals surface area contributed by atoms with E-state index >= 15 is 0 Å². The second-order valence-electron chi connectivity index (χ2n) is 13.3. The molecule has 0 saturated carbocycles. The monoisotopic (exact) mass is 636 g/mol. The van der Waals surface area contributed by atoms with Gasteiger partial charge in [0.2, 0.25) is 0 Å². The minimum Gasteiger partial charge on any atom is -0.507 e. The van der Waals surface area contributed by atoms with Gasteiger partial charge in [-0.3, -0.25) is 9.59 Å². The summed E-state index contributed by atoms with van der Waals surface area (Å²) in [7, 11) is 0. The average Bonchev–Trinajstić information content (AvgIpc) is 3.64. The number of benzene rings is 4. The number of H-pyrrole nitrogens is 1. The molecule has 0 fully saturated rings. The third kappa shape index (κ3) is 6.66. The van der Waals surface area contributed by atoms with E-state index in [2.05, 4.69) is 10.3 Å². The highest BCUT2D eigenvalue weighted by Crippen LogP contribution is 2.41. The van der Waals surface area contributed by atoms with Crippen LogP contribution in [0.25, 0.3) is 21.7 Å². The van der Waals surface area contributed by atoms with E-state index in [9.17, 15) is 14.7 Å². The van der Waals surface area contributed by atoms with Gasteiger partial charge in [0.15, 0.2) is 0 Å². The van der Waals surface area contributed by atoms with E-state index in [-0.39, 0.29) is 24.2 Å². The molecule has 2 amide bonds.